The second-order valence-electron chi connectivity index (χ2n) is 2.98. The first-order chi connectivity index (χ1) is 6.83. The van der Waals surface area contributed by atoms with Crippen molar-refractivity contribution in [3.63, 3.8) is 0 Å². The summed E-state index contributed by atoms with van der Waals surface area (Å²) in [7, 11) is 3.60. The van der Waals surface area contributed by atoms with Crippen molar-refractivity contribution in [1.82, 2.24) is 4.98 Å². The molecule has 1 heterocycles. The number of ether oxygens (including phenoxy) is 1. The molecule has 0 N–H and O–H groups in total. The van der Waals surface area contributed by atoms with Gasteiger partial charge in [0.15, 0.2) is 0 Å². The smallest absolute Gasteiger partial charge is 0.0647 e. The third kappa shape index (κ3) is 2.47. The zero-order chi connectivity index (χ0) is 9.97. The van der Waals surface area contributed by atoms with Gasteiger partial charge in [-0.2, -0.15) is 0 Å². The van der Waals surface area contributed by atoms with E-state index in [2.05, 4.69) is 11.1 Å². The van der Waals surface area contributed by atoms with Crippen LogP contribution in [0.15, 0.2) is 30.6 Å². The standard InChI is InChI=1S/C11H11N2O.Y/c1-13-8-7-12-11(13)9-5-3-4-6-10(9)14-2;/h3-4,6-8H,1-2H3;/q-1;. The maximum absolute atomic E-state index is 5.24. The van der Waals surface area contributed by atoms with Crippen molar-refractivity contribution in [2.45, 2.75) is 0 Å². The molecule has 75 valence electrons. The van der Waals surface area contributed by atoms with Gasteiger partial charge in [0, 0.05) is 57.9 Å². The van der Waals surface area contributed by atoms with E-state index in [0.717, 1.165) is 17.1 Å². The number of rotatable bonds is 2. The van der Waals surface area contributed by atoms with Crippen molar-refractivity contribution in [3.05, 3.63) is 36.7 Å². The Bertz CT molecular complexity index is 440. The van der Waals surface area contributed by atoms with Crippen molar-refractivity contribution < 1.29 is 42.0 Å². The van der Waals surface area contributed by atoms with Crippen LogP contribution in [0.25, 0.3) is 11.4 Å². The number of methoxy groups -OCH3 is 1. The maximum Gasteiger partial charge on any atom is 0.0647 e. The SMILES string of the molecule is COc1ccc[c-]c1-c1[n-]cc[n+]1C.[Y]. The molecule has 0 aliphatic rings. The Morgan fingerprint density at radius 2 is 2.27 bits per heavy atom. The van der Waals surface area contributed by atoms with Gasteiger partial charge in [-0.1, -0.05) is 5.56 Å². The van der Waals surface area contributed by atoms with Crippen molar-refractivity contribution >= 4 is 0 Å². The molecule has 1 radical (unpaired) electrons. The van der Waals surface area contributed by atoms with E-state index in [9.17, 15) is 0 Å². The summed E-state index contributed by atoms with van der Waals surface area (Å²) < 4.78 is 7.18. The number of benzene rings is 1. The average molecular weight is 276 g/mol. The van der Waals surface area contributed by atoms with Gasteiger partial charge in [-0.3, -0.25) is 4.98 Å². The molecule has 1 aromatic carbocycles. The maximum atomic E-state index is 5.24. The fraction of sp³-hybridized carbons (Fsp3) is 0.182. The van der Waals surface area contributed by atoms with E-state index in [1.807, 2.05) is 36.0 Å². The van der Waals surface area contributed by atoms with Crippen molar-refractivity contribution in [2.75, 3.05) is 7.11 Å². The van der Waals surface area contributed by atoms with Gasteiger partial charge in [-0.15, -0.1) is 24.3 Å². The first-order valence-corrected chi connectivity index (χ1v) is 4.35. The molecule has 15 heavy (non-hydrogen) atoms. The number of nitrogens with zero attached hydrogens (tertiary/aromatic N) is 2. The Morgan fingerprint density at radius 1 is 1.47 bits per heavy atom. The van der Waals surface area contributed by atoms with Gasteiger partial charge >= 0.3 is 0 Å². The molecule has 0 fully saturated rings. The van der Waals surface area contributed by atoms with Crippen LogP contribution in [0.1, 0.15) is 0 Å². The van der Waals surface area contributed by atoms with Crippen LogP contribution in [0.3, 0.4) is 0 Å². The predicted octanol–water partition coefficient (Wildman–Crippen LogP) is 0.942. The number of hydrogen-bond acceptors (Lipinski definition) is 1. The summed E-state index contributed by atoms with van der Waals surface area (Å²) in [6.45, 7) is 0. The van der Waals surface area contributed by atoms with Crippen LogP contribution in [-0.4, -0.2) is 7.11 Å². The van der Waals surface area contributed by atoms with Gasteiger partial charge in [0.25, 0.3) is 0 Å². The molecule has 1 aromatic heterocycles. The largest absolute Gasteiger partial charge is 0.540 e. The van der Waals surface area contributed by atoms with E-state index < -0.39 is 0 Å². The van der Waals surface area contributed by atoms with Crippen LogP contribution in [0.2, 0.25) is 0 Å². The summed E-state index contributed by atoms with van der Waals surface area (Å²) in [6.07, 6.45) is 3.66. The minimum Gasteiger partial charge on any atom is -0.540 e. The van der Waals surface area contributed by atoms with Gasteiger partial charge in [-0.25, -0.2) is 0 Å². The second kappa shape index (κ2) is 5.43. The summed E-state index contributed by atoms with van der Waals surface area (Å²) in [6, 6.07) is 8.77. The zero-order valence-electron chi connectivity index (χ0n) is 8.77. The molecule has 0 atom stereocenters. The van der Waals surface area contributed by atoms with E-state index in [1.165, 1.54) is 0 Å². The Hall–Kier alpha value is -0.666. The zero-order valence-corrected chi connectivity index (χ0v) is 11.6. The van der Waals surface area contributed by atoms with Crippen molar-refractivity contribution in [3.8, 4) is 17.1 Å². The van der Waals surface area contributed by atoms with Crippen molar-refractivity contribution in [2.24, 2.45) is 7.05 Å². The normalized spacial score (nSPS) is 9.47. The van der Waals surface area contributed by atoms with Gasteiger partial charge < -0.3 is 9.30 Å². The Labute approximate surface area is 114 Å². The Balaban J connectivity index is 0.00000112. The Morgan fingerprint density at radius 3 is 2.87 bits per heavy atom. The monoisotopic (exact) mass is 276 g/mol. The Kier molecular flexibility index (Phi) is 4.49. The van der Waals surface area contributed by atoms with E-state index >= 15 is 0 Å². The number of imidazole rings is 1. The second-order valence-corrected chi connectivity index (χ2v) is 2.98. The minimum absolute atomic E-state index is 0. The molecule has 0 aliphatic heterocycles. The summed E-state index contributed by atoms with van der Waals surface area (Å²) in [5.74, 6) is 1.66. The molecule has 4 heteroatoms. The molecule has 0 saturated carbocycles. The van der Waals surface area contributed by atoms with Crippen LogP contribution in [-0.2, 0) is 39.8 Å². The fourth-order valence-corrected chi connectivity index (χ4v) is 1.37. The van der Waals surface area contributed by atoms with Gasteiger partial charge in [-0.05, 0) is 0 Å². The van der Waals surface area contributed by atoms with E-state index in [0.29, 0.717) is 0 Å². The molecule has 3 nitrogen and oxygen atoms in total. The molecule has 0 unspecified atom stereocenters. The molecule has 2 rings (SSSR count). The third-order valence-corrected chi connectivity index (χ3v) is 2.08. The molecule has 0 spiro atoms. The molecule has 0 aliphatic carbocycles. The van der Waals surface area contributed by atoms with Gasteiger partial charge in [0.05, 0.1) is 12.9 Å². The number of hydrogen-bond donors (Lipinski definition) is 0. The topological polar surface area (TPSA) is 27.2 Å². The molecular formula is C11H11N2OY-. The quantitative estimate of drug-likeness (QED) is 0.603. The van der Waals surface area contributed by atoms with Crippen LogP contribution >= 0.6 is 0 Å². The summed E-state index contributed by atoms with van der Waals surface area (Å²) in [5.41, 5.74) is 0.891. The van der Waals surface area contributed by atoms with E-state index in [-0.39, 0.29) is 32.7 Å². The predicted molar refractivity (Wildman–Crippen MR) is 51.8 cm³/mol. The molecular weight excluding hydrogens is 265 g/mol. The summed E-state index contributed by atoms with van der Waals surface area (Å²) in [4.78, 5) is 4.25. The number of aromatic nitrogens is 2. The molecule has 0 saturated heterocycles. The van der Waals surface area contributed by atoms with Gasteiger partial charge in [0.2, 0.25) is 0 Å². The number of aryl methyl sites for hydroxylation is 1. The van der Waals surface area contributed by atoms with Crippen LogP contribution in [0.4, 0.5) is 0 Å². The van der Waals surface area contributed by atoms with Crippen LogP contribution in [0.5, 0.6) is 5.75 Å². The van der Waals surface area contributed by atoms with Crippen LogP contribution < -0.4 is 14.3 Å². The fourth-order valence-electron chi connectivity index (χ4n) is 1.37. The van der Waals surface area contributed by atoms with Crippen LogP contribution in [0, 0.1) is 6.07 Å². The molecule has 0 bridgehead atoms. The summed E-state index contributed by atoms with van der Waals surface area (Å²) >= 11 is 0. The molecule has 0 amide bonds. The third-order valence-electron chi connectivity index (χ3n) is 2.08. The first-order valence-electron chi connectivity index (χ1n) is 4.35. The molecule has 2 aromatic rings. The summed E-state index contributed by atoms with van der Waals surface area (Å²) in [5, 5.41) is 0. The van der Waals surface area contributed by atoms with Gasteiger partial charge in [0.1, 0.15) is 0 Å². The van der Waals surface area contributed by atoms with E-state index in [4.69, 9.17) is 4.74 Å². The van der Waals surface area contributed by atoms with E-state index in [1.54, 1.807) is 13.3 Å². The minimum atomic E-state index is 0. The van der Waals surface area contributed by atoms with Crippen molar-refractivity contribution in [1.29, 1.82) is 0 Å². The first kappa shape index (κ1) is 12.4. The average Bonchev–Trinajstić information content (AvgIpc) is 2.64.